The molecule has 2 aromatic carbocycles. The summed E-state index contributed by atoms with van der Waals surface area (Å²) in [6, 6.07) is 12.7. The molecule has 0 aromatic heterocycles. The Morgan fingerprint density at radius 1 is 1.10 bits per heavy atom. The highest BCUT2D eigenvalue weighted by Crippen LogP contribution is 2.21. The monoisotopic (exact) mass is 426 g/mol. The van der Waals surface area contributed by atoms with E-state index in [-0.39, 0.29) is 18.4 Å². The van der Waals surface area contributed by atoms with Crippen LogP contribution in [0.5, 0.6) is 11.5 Å². The summed E-state index contributed by atoms with van der Waals surface area (Å²) in [5.74, 6) is 1.01. The summed E-state index contributed by atoms with van der Waals surface area (Å²) in [6.45, 7) is 8.62. The molecule has 0 spiro atoms. The Bertz CT molecular complexity index is 882. The van der Waals surface area contributed by atoms with E-state index in [4.69, 9.17) is 9.47 Å². The molecule has 6 nitrogen and oxygen atoms in total. The first-order chi connectivity index (χ1) is 14.9. The third-order valence-electron chi connectivity index (χ3n) is 5.33. The van der Waals surface area contributed by atoms with Gasteiger partial charge in [0, 0.05) is 13.1 Å². The Morgan fingerprint density at radius 3 is 2.52 bits per heavy atom. The molecule has 1 atom stereocenters. The van der Waals surface area contributed by atoms with Gasteiger partial charge in [0.05, 0.1) is 7.11 Å². The molecule has 0 saturated carbocycles. The number of nitrogens with zero attached hydrogens (tertiary/aromatic N) is 1. The van der Waals surface area contributed by atoms with Crippen molar-refractivity contribution in [3.63, 3.8) is 0 Å². The van der Waals surface area contributed by atoms with Crippen molar-refractivity contribution < 1.29 is 19.1 Å². The predicted octanol–water partition coefficient (Wildman–Crippen LogP) is 4.02. The molecule has 0 aliphatic rings. The van der Waals surface area contributed by atoms with Crippen molar-refractivity contribution in [2.45, 2.75) is 53.1 Å². The number of hydrogen-bond acceptors (Lipinski definition) is 4. The van der Waals surface area contributed by atoms with Gasteiger partial charge in [-0.1, -0.05) is 38.1 Å². The number of carbonyl (C=O) groups excluding carboxylic acids is 2. The van der Waals surface area contributed by atoms with Crippen molar-refractivity contribution in [2.24, 2.45) is 0 Å². The van der Waals surface area contributed by atoms with Crippen molar-refractivity contribution in [3.8, 4) is 11.5 Å². The summed E-state index contributed by atoms with van der Waals surface area (Å²) in [7, 11) is 1.60. The van der Waals surface area contributed by atoms with Crippen LogP contribution in [0.4, 0.5) is 0 Å². The lowest BCUT2D eigenvalue weighted by Gasteiger charge is -2.30. The highest BCUT2D eigenvalue weighted by molar-refractivity contribution is 5.88. The van der Waals surface area contributed by atoms with Gasteiger partial charge in [-0.25, -0.2) is 0 Å². The third-order valence-corrected chi connectivity index (χ3v) is 5.33. The molecule has 0 aliphatic heterocycles. The maximum atomic E-state index is 13.2. The SMILES string of the molecule is CCCNC(=O)C(CC)N(Cc1cccc(OC)c1)C(=O)COc1cccc(C)c1C. The van der Waals surface area contributed by atoms with E-state index in [1.54, 1.807) is 12.0 Å². The van der Waals surface area contributed by atoms with E-state index in [9.17, 15) is 9.59 Å². The molecule has 2 rings (SSSR count). The number of ether oxygens (including phenoxy) is 2. The fourth-order valence-electron chi connectivity index (χ4n) is 3.36. The summed E-state index contributed by atoms with van der Waals surface area (Å²) < 4.78 is 11.2. The molecule has 31 heavy (non-hydrogen) atoms. The first-order valence-electron chi connectivity index (χ1n) is 10.8. The zero-order valence-corrected chi connectivity index (χ0v) is 19.2. The maximum absolute atomic E-state index is 13.2. The Morgan fingerprint density at radius 2 is 1.84 bits per heavy atom. The number of aryl methyl sites for hydroxylation is 1. The second kappa shape index (κ2) is 12.0. The lowest BCUT2D eigenvalue weighted by atomic mass is 10.1. The number of nitrogens with one attached hydrogen (secondary N) is 1. The number of hydrogen-bond donors (Lipinski definition) is 1. The highest BCUT2D eigenvalue weighted by Gasteiger charge is 2.29. The van der Waals surface area contributed by atoms with Gasteiger partial charge in [0.25, 0.3) is 5.91 Å². The maximum Gasteiger partial charge on any atom is 0.261 e. The Kier molecular flexibility index (Phi) is 9.38. The van der Waals surface area contributed by atoms with Crippen LogP contribution in [0.25, 0.3) is 0 Å². The molecule has 0 saturated heterocycles. The van der Waals surface area contributed by atoms with Crippen LogP contribution in [0.1, 0.15) is 43.4 Å². The molecule has 0 bridgehead atoms. The minimum atomic E-state index is -0.576. The van der Waals surface area contributed by atoms with E-state index in [2.05, 4.69) is 5.32 Å². The van der Waals surface area contributed by atoms with Crippen molar-refractivity contribution in [1.82, 2.24) is 10.2 Å². The molecular formula is C25H34N2O4. The van der Waals surface area contributed by atoms with Crippen molar-refractivity contribution >= 4 is 11.8 Å². The van der Waals surface area contributed by atoms with E-state index < -0.39 is 6.04 Å². The Balaban J connectivity index is 2.24. The fourth-order valence-corrected chi connectivity index (χ4v) is 3.36. The van der Waals surface area contributed by atoms with Gasteiger partial charge in [0.1, 0.15) is 17.5 Å². The van der Waals surface area contributed by atoms with Gasteiger partial charge in [-0.15, -0.1) is 0 Å². The predicted molar refractivity (Wildman–Crippen MR) is 122 cm³/mol. The standard InChI is InChI=1S/C25H34N2O4/c1-6-14-26-25(29)22(7-2)27(16-20-11-9-12-21(15-20)30-5)24(28)17-31-23-13-8-10-18(3)19(23)4/h8-13,15,22H,6-7,14,16-17H2,1-5H3,(H,26,29). The van der Waals surface area contributed by atoms with Crippen LogP contribution in [0.15, 0.2) is 42.5 Å². The van der Waals surface area contributed by atoms with Crippen LogP contribution in [0.3, 0.4) is 0 Å². The molecule has 0 radical (unpaired) electrons. The number of rotatable bonds is 11. The molecule has 0 heterocycles. The smallest absolute Gasteiger partial charge is 0.261 e. The zero-order chi connectivity index (χ0) is 22.8. The van der Waals surface area contributed by atoms with Crippen LogP contribution in [0.2, 0.25) is 0 Å². The second-order valence-corrected chi connectivity index (χ2v) is 7.57. The third kappa shape index (κ3) is 6.74. The van der Waals surface area contributed by atoms with Crippen LogP contribution in [-0.2, 0) is 16.1 Å². The van der Waals surface area contributed by atoms with Crippen LogP contribution in [-0.4, -0.2) is 43.0 Å². The van der Waals surface area contributed by atoms with Crippen LogP contribution in [0, 0.1) is 13.8 Å². The van der Waals surface area contributed by atoms with Gasteiger partial charge in [-0.2, -0.15) is 0 Å². The van der Waals surface area contributed by atoms with Crippen molar-refractivity contribution in [2.75, 3.05) is 20.3 Å². The van der Waals surface area contributed by atoms with E-state index in [1.165, 1.54) is 0 Å². The number of amides is 2. The first kappa shape index (κ1) is 24.3. The van der Waals surface area contributed by atoms with Gasteiger partial charge in [0.2, 0.25) is 5.91 Å². The van der Waals surface area contributed by atoms with Crippen LogP contribution >= 0.6 is 0 Å². The van der Waals surface area contributed by atoms with Crippen molar-refractivity contribution in [3.05, 3.63) is 59.2 Å². The van der Waals surface area contributed by atoms with Gasteiger partial charge < -0.3 is 19.7 Å². The first-order valence-corrected chi connectivity index (χ1v) is 10.8. The normalized spacial score (nSPS) is 11.5. The molecule has 2 aromatic rings. The quantitative estimate of drug-likeness (QED) is 0.589. The average Bonchev–Trinajstić information content (AvgIpc) is 2.78. The summed E-state index contributed by atoms with van der Waals surface area (Å²) in [4.78, 5) is 27.6. The fraction of sp³-hybridized carbons (Fsp3) is 0.440. The molecule has 1 N–H and O–H groups in total. The van der Waals surface area contributed by atoms with Gasteiger partial charge in [-0.05, 0) is 61.6 Å². The molecule has 0 fully saturated rings. The Labute approximate surface area is 185 Å². The van der Waals surface area contributed by atoms with Crippen LogP contribution < -0.4 is 14.8 Å². The highest BCUT2D eigenvalue weighted by atomic mass is 16.5. The molecule has 168 valence electrons. The summed E-state index contributed by atoms with van der Waals surface area (Å²) in [5.41, 5.74) is 2.99. The van der Waals surface area contributed by atoms with E-state index >= 15 is 0 Å². The lowest BCUT2D eigenvalue weighted by molar-refractivity contribution is -0.143. The van der Waals surface area contributed by atoms with Gasteiger partial charge >= 0.3 is 0 Å². The second-order valence-electron chi connectivity index (χ2n) is 7.57. The molecule has 1 unspecified atom stereocenters. The Hall–Kier alpha value is -3.02. The van der Waals surface area contributed by atoms with Crippen molar-refractivity contribution in [1.29, 1.82) is 0 Å². The summed E-state index contributed by atoms with van der Waals surface area (Å²) in [6.07, 6.45) is 1.34. The minimum Gasteiger partial charge on any atom is -0.497 e. The number of carbonyl (C=O) groups is 2. The van der Waals surface area contributed by atoms with E-state index in [1.807, 2.05) is 70.2 Å². The summed E-state index contributed by atoms with van der Waals surface area (Å²) in [5, 5.41) is 2.92. The lowest BCUT2D eigenvalue weighted by Crippen LogP contribution is -2.50. The molecule has 2 amide bonds. The largest absolute Gasteiger partial charge is 0.497 e. The minimum absolute atomic E-state index is 0.133. The van der Waals surface area contributed by atoms with E-state index in [0.29, 0.717) is 31.0 Å². The molecule has 6 heteroatoms. The number of methoxy groups -OCH3 is 1. The topological polar surface area (TPSA) is 67.9 Å². The average molecular weight is 427 g/mol. The number of benzene rings is 2. The molecular weight excluding hydrogens is 392 g/mol. The van der Waals surface area contributed by atoms with Gasteiger partial charge in [0.15, 0.2) is 6.61 Å². The van der Waals surface area contributed by atoms with E-state index in [0.717, 1.165) is 23.1 Å². The summed E-state index contributed by atoms with van der Waals surface area (Å²) >= 11 is 0. The molecule has 0 aliphatic carbocycles. The zero-order valence-electron chi connectivity index (χ0n) is 19.2. The van der Waals surface area contributed by atoms with Gasteiger partial charge in [-0.3, -0.25) is 9.59 Å².